The van der Waals surface area contributed by atoms with E-state index in [0.717, 1.165) is 12.1 Å². The number of ether oxygens (including phenoxy) is 1. The van der Waals surface area contributed by atoms with Crippen molar-refractivity contribution in [2.75, 3.05) is 6.61 Å². The van der Waals surface area contributed by atoms with Crippen LogP contribution in [-0.4, -0.2) is 20.6 Å². The number of allylic oxidation sites excluding steroid dienone is 1. The normalized spacial score (nSPS) is 13.2. The largest absolute Gasteiger partial charge is 0.486 e. The molecule has 0 aliphatic carbocycles. The van der Waals surface area contributed by atoms with Crippen LogP contribution in [0.5, 0.6) is 0 Å². The molecular weight excluding hydrogens is 466 g/mol. The van der Waals surface area contributed by atoms with E-state index >= 15 is 8.78 Å². The van der Waals surface area contributed by atoms with Gasteiger partial charge in [0.2, 0.25) is 20.8 Å². The second kappa shape index (κ2) is 9.61. The minimum Gasteiger partial charge on any atom is -0.486 e. The lowest BCUT2D eigenvalue weighted by atomic mass is 10.3. The lowest BCUT2D eigenvalue weighted by Gasteiger charge is -2.39. The van der Waals surface area contributed by atoms with E-state index in [-0.39, 0.29) is 5.76 Å². The van der Waals surface area contributed by atoms with Gasteiger partial charge in [-0.05, 0) is 48.9 Å². The minimum atomic E-state index is -6.33. The zero-order valence-corrected chi connectivity index (χ0v) is 19.7. The molecule has 0 aliphatic rings. The summed E-state index contributed by atoms with van der Waals surface area (Å²) in [5.74, 6) is -0.109. The third kappa shape index (κ3) is 5.09. The average molecular weight is 492 g/mol. The maximum Gasteiger partial charge on any atom is 0.383 e. The zero-order chi connectivity index (χ0) is 24.1. The molecule has 3 aromatic rings. The molecule has 0 atom stereocenters. The van der Waals surface area contributed by atoms with Crippen LogP contribution in [0.25, 0.3) is 0 Å². The minimum absolute atomic E-state index is 0.109. The fourth-order valence-corrected chi connectivity index (χ4v) is 7.43. The van der Waals surface area contributed by atoms with Crippen molar-refractivity contribution in [1.29, 1.82) is 0 Å². The number of rotatable bonds is 10. The standard InChI is InChI=1S/C25H24F2O4S2/c1-20(2)21(3)30-19-25(26,27)33(28,29,24-17-11-6-12-18-24)31-32(22-13-7-4-8-14-22)23-15-9-5-10-16-23/h4-18H,1,3,19H2,2H3/p+1. The van der Waals surface area contributed by atoms with Gasteiger partial charge in [0.15, 0.2) is 16.4 Å². The number of hydrogen-bond acceptors (Lipinski definition) is 3. The molecule has 0 aliphatic heterocycles. The predicted octanol–water partition coefficient (Wildman–Crippen LogP) is 6.62. The van der Waals surface area contributed by atoms with E-state index in [4.69, 9.17) is 8.37 Å². The number of hydrogen-bond donors (Lipinski definition) is 1. The first kappa shape index (κ1) is 24.9. The first-order valence-corrected chi connectivity index (χ1v) is 12.9. The van der Waals surface area contributed by atoms with Crippen LogP contribution in [-0.2, 0) is 29.2 Å². The van der Waals surface area contributed by atoms with Crippen molar-refractivity contribution in [2.24, 2.45) is 0 Å². The second-order valence-corrected chi connectivity index (χ2v) is 12.0. The Kier molecular flexibility index (Phi) is 7.23. The molecule has 33 heavy (non-hydrogen) atoms. The van der Waals surface area contributed by atoms with Gasteiger partial charge in [-0.3, -0.25) is 4.55 Å². The molecule has 0 heterocycles. The fourth-order valence-electron chi connectivity index (χ4n) is 2.75. The van der Waals surface area contributed by atoms with Gasteiger partial charge in [0, 0.05) is 0 Å². The van der Waals surface area contributed by atoms with Gasteiger partial charge in [-0.15, -0.1) is 0 Å². The van der Waals surface area contributed by atoms with Crippen LogP contribution in [0.15, 0.2) is 130 Å². The lowest BCUT2D eigenvalue weighted by Crippen LogP contribution is -2.55. The highest BCUT2D eigenvalue weighted by Crippen LogP contribution is 2.51. The van der Waals surface area contributed by atoms with Crippen LogP contribution in [0.2, 0.25) is 0 Å². The molecule has 0 spiro atoms. The van der Waals surface area contributed by atoms with Crippen molar-refractivity contribution in [1.82, 2.24) is 0 Å². The smallest absolute Gasteiger partial charge is 0.383 e. The third-order valence-electron chi connectivity index (χ3n) is 4.68. The van der Waals surface area contributed by atoms with Crippen LogP contribution >= 0.6 is 0 Å². The topological polar surface area (TPSA) is 55.8 Å². The van der Waals surface area contributed by atoms with Gasteiger partial charge in [0.25, 0.3) is 0 Å². The molecule has 0 fully saturated rings. The lowest BCUT2D eigenvalue weighted by molar-refractivity contribution is -0.00480. The Bertz CT molecular complexity index is 1150. The summed E-state index contributed by atoms with van der Waals surface area (Å²) in [5, 5.41) is -4.33. The summed E-state index contributed by atoms with van der Waals surface area (Å²) in [6.07, 6.45) is 0. The summed E-state index contributed by atoms with van der Waals surface area (Å²) in [7, 11) is -6.33. The van der Waals surface area contributed by atoms with Crippen molar-refractivity contribution in [3.05, 3.63) is 115 Å². The first-order valence-electron chi connectivity index (χ1n) is 9.91. The highest BCUT2D eigenvalue weighted by molar-refractivity contribution is 8.18. The maximum absolute atomic E-state index is 15.7. The number of alkyl halides is 2. The SMILES string of the molecule is C=C(C)C(=C)OCC(F)(F)S(=O)(O)(O[S+](c1ccccc1)c1ccccc1)c1ccccc1. The second-order valence-electron chi connectivity index (χ2n) is 7.24. The van der Waals surface area contributed by atoms with E-state index < -0.39 is 37.6 Å². The fraction of sp³-hybridized carbons (Fsp3) is 0.120. The van der Waals surface area contributed by atoms with E-state index in [1.165, 1.54) is 19.1 Å². The van der Waals surface area contributed by atoms with Crippen molar-refractivity contribution in [2.45, 2.75) is 26.9 Å². The molecule has 1 N–H and O–H groups in total. The van der Waals surface area contributed by atoms with Crippen molar-refractivity contribution < 1.29 is 25.9 Å². The summed E-state index contributed by atoms with van der Waals surface area (Å²) >= 11 is -1.62. The highest BCUT2D eigenvalue weighted by atomic mass is 32.4. The molecule has 0 unspecified atom stereocenters. The Morgan fingerprint density at radius 1 is 0.909 bits per heavy atom. The molecule has 0 radical (unpaired) electrons. The van der Waals surface area contributed by atoms with Gasteiger partial charge >= 0.3 is 5.25 Å². The first-order chi connectivity index (χ1) is 15.5. The van der Waals surface area contributed by atoms with E-state index in [2.05, 4.69) is 13.2 Å². The van der Waals surface area contributed by atoms with E-state index in [1.807, 2.05) is 0 Å². The van der Waals surface area contributed by atoms with Gasteiger partial charge in [-0.2, -0.15) is 8.78 Å². The number of benzene rings is 3. The molecule has 0 saturated heterocycles. The molecule has 174 valence electrons. The molecule has 0 saturated carbocycles. The Balaban J connectivity index is 2.16. The van der Waals surface area contributed by atoms with E-state index in [0.29, 0.717) is 15.4 Å². The van der Waals surface area contributed by atoms with Crippen molar-refractivity contribution in [3.63, 3.8) is 0 Å². The Morgan fingerprint density at radius 3 is 1.76 bits per heavy atom. The molecule has 0 bridgehead atoms. The Labute approximate surface area is 195 Å². The van der Waals surface area contributed by atoms with Crippen molar-refractivity contribution >= 4 is 20.8 Å². The molecule has 3 aromatic carbocycles. The summed E-state index contributed by atoms with van der Waals surface area (Å²) in [5.41, 5.74) is 0.321. The highest BCUT2D eigenvalue weighted by Gasteiger charge is 2.66. The van der Waals surface area contributed by atoms with Gasteiger partial charge in [0.1, 0.15) is 5.76 Å². The summed E-state index contributed by atoms with van der Waals surface area (Å²) in [4.78, 5) is 0.389. The van der Waals surface area contributed by atoms with Crippen LogP contribution in [0.1, 0.15) is 6.92 Å². The van der Waals surface area contributed by atoms with Crippen LogP contribution in [0, 0.1) is 0 Å². The van der Waals surface area contributed by atoms with Gasteiger partial charge in [0.05, 0.1) is 4.90 Å². The van der Waals surface area contributed by atoms with Gasteiger partial charge < -0.3 is 4.74 Å². The molecule has 3 rings (SSSR count). The van der Waals surface area contributed by atoms with Gasteiger partial charge in [-0.25, -0.2) is 4.21 Å². The Hall–Kier alpha value is -2.78. The molecule has 4 nitrogen and oxygen atoms in total. The third-order valence-corrected chi connectivity index (χ3v) is 9.91. The zero-order valence-electron chi connectivity index (χ0n) is 18.0. The average Bonchev–Trinajstić information content (AvgIpc) is 2.82. The monoisotopic (exact) mass is 491 g/mol. The van der Waals surface area contributed by atoms with Crippen LogP contribution < -0.4 is 0 Å². The molecule has 8 heteroatoms. The molecule has 0 aromatic heterocycles. The quantitative estimate of drug-likeness (QED) is 0.197. The van der Waals surface area contributed by atoms with Gasteiger partial charge in [-0.1, -0.05) is 71.4 Å². The summed E-state index contributed by atoms with van der Waals surface area (Å²) in [6.45, 7) is 7.23. The Morgan fingerprint density at radius 2 is 1.33 bits per heavy atom. The van der Waals surface area contributed by atoms with Crippen LogP contribution in [0.3, 0.4) is 0 Å². The van der Waals surface area contributed by atoms with Crippen LogP contribution in [0.4, 0.5) is 8.78 Å². The molecular formula is C25H25F2O4S2+. The summed E-state index contributed by atoms with van der Waals surface area (Å²) in [6, 6.07) is 23.6. The summed E-state index contributed by atoms with van der Waals surface area (Å²) < 4.78 is 67.9. The predicted molar refractivity (Wildman–Crippen MR) is 128 cm³/mol. The van der Waals surface area contributed by atoms with E-state index in [1.54, 1.807) is 66.7 Å². The van der Waals surface area contributed by atoms with Crippen molar-refractivity contribution in [3.8, 4) is 0 Å². The number of halogens is 2. The van der Waals surface area contributed by atoms with E-state index in [9.17, 15) is 8.76 Å². The molecule has 0 amide bonds. The maximum atomic E-state index is 15.7.